The standard InChI is InChI=1S/C20H22N2O4/c1-14(19-13-15-7-3-4-8-16(15)26-19)22-20(23)21-11-12-25-18-10-6-5-9-17(18)24-2/h3-10,13-14H,11-12H2,1-2H3,(H2,21,22,23). The number of hydrogen-bond donors (Lipinski definition) is 2. The fourth-order valence-electron chi connectivity index (χ4n) is 2.60. The van der Waals surface area contributed by atoms with Crippen LogP contribution in [0, 0.1) is 0 Å². The number of rotatable bonds is 7. The number of hydrogen-bond acceptors (Lipinski definition) is 4. The van der Waals surface area contributed by atoms with E-state index in [1.165, 1.54) is 0 Å². The van der Waals surface area contributed by atoms with Gasteiger partial charge in [0.25, 0.3) is 0 Å². The zero-order valence-corrected chi connectivity index (χ0v) is 14.8. The van der Waals surface area contributed by atoms with Gasteiger partial charge in [-0.15, -0.1) is 0 Å². The highest BCUT2D eigenvalue weighted by molar-refractivity contribution is 5.78. The maximum Gasteiger partial charge on any atom is 0.315 e. The first kappa shape index (κ1) is 17.7. The predicted molar refractivity (Wildman–Crippen MR) is 99.7 cm³/mol. The highest BCUT2D eigenvalue weighted by Crippen LogP contribution is 2.25. The van der Waals surface area contributed by atoms with Crippen LogP contribution < -0.4 is 20.1 Å². The summed E-state index contributed by atoms with van der Waals surface area (Å²) in [5.74, 6) is 2.02. The van der Waals surface area contributed by atoms with Crippen LogP contribution in [-0.2, 0) is 0 Å². The largest absolute Gasteiger partial charge is 0.493 e. The average molecular weight is 354 g/mol. The lowest BCUT2D eigenvalue weighted by Gasteiger charge is -2.13. The molecular formula is C20H22N2O4. The maximum atomic E-state index is 12.0. The number of carbonyl (C=O) groups excluding carboxylic acids is 1. The number of ether oxygens (including phenoxy) is 2. The van der Waals surface area contributed by atoms with E-state index in [0.29, 0.717) is 30.4 Å². The monoisotopic (exact) mass is 354 g/mol. The third-order valence-corrected chi connectivity index (χ3v) is 3.93. The van der Waals surface area contributed by atoms with E-state index >= 15 is 0 Å². The van der Waals surface area contributed by atoms with Crippen molar-refractivity contribution in [2.24, 2.45) is 0 Å². The van der Waals surface area contributed by atoms with Crippen molar-refractivity contribution in [2.75, 3.05) is 20.3 Å². The van der Waals surface area contributed by atoms with E-state index in [-0.39, 0.29) is 12.1 Å². The number of urea groups is 1. The van der Waals surface area contributed by atoms with Crippen LogP contribution in [0.15, 0.2) is 59.0 Å². The normalized spacial score (nSPS) is 11.8. The number of benzene rings is 2. The zero-order chi connectivity index (χ0) is 18.4. The van der Waals surface area contributed by atoms with E-state index in [4.69, 9.17) is 13.9 Å². The molecule has 0 aliphatic rings. The van der Waals surface area contributed by atoms with E-state index in [9.17, 15) is 4.79 Å². The molecule has 0 bridgehead atoms. The third-order valence-electron chi connectivity index (χ3n) is 3.93. The van der Waals surface area contributed by atoms with Gasteiger partial charge in [-0.25, -0.2) is 4.79 Å². The molecule has 0 saturated carbocycles. The van der Waals surface area contributed by atoms with E-state index in [2.05, 4.69) is 10.6 Å². The van der Waals surface area contributed by atoms with Crippen molar-refractivity contribution in [2.45, 2.75) is 13.0 Å². The van der Waals surface area contributed by atoms with Gasteiger partial charge >= 0.3 is 6.03 Å². The second-order valence-electron chi connectivity index (χ2n) is 5.81. The zero-order valence-electron chi connectivity index (χ0n) is 14.8. The van der Waals surface area contributed by atoms with Crippen LogP contribution in [0.3, 0.4) is 0 Å². The Bertz CT molecular complexity index is 842. The van der Waals surface area contributed by atoms with E-state index < -0.39 is 0 Å². The summed E-state index contributed by atoms with van der Waals surface area (Å²) in [6.45, 7) is 2.59. The fraction of sp³-hybridized carbons (Fsp3) is 0.250. The molecule has 1 aromatic heterocycles. The van der Waals surface area contributed by atoms with Gasteiger partial charge in [0.05, 0.1) is 19.7 Å². The van der Waals surface area contributed by atoms with Gasteiger partial charge in [0.15, 0.2) is 11.5 Å². The molecule has 1 heterocycles. The fourth-order valence-corrected chi connectivity index (χ4v) is 2.60. The second-order valence-corrected chi connectivity index (χ2v) is 5.81. The molecule has 2 amide bonds. The summed E-state index contributed by atoms with van der Waals surface area (Å²) in [6, 6.07) is 16.6. The first-order valence-corrected chi connectivity index (χ1v) is 8.46. The van der Waals surface area contributed by atoms with Crippen molar-refractivity contribution in [3.8, 4) is 11.5 Å². The summed E-state index contributed by atoms with van der Waals surface area (Å²) in [6.07, 6.45) is 0. The Hall–Kier alpha value is -3.15. The smallest absolute Gasteiger partial charge is 0.315 e. The number of amides is 2. The predicted octanol–water partition coefficient (Wildman–Crippen LogP) is 3.88. The quantitative estimate of drug-likeness (QED) is 0.632. The minimum Gasteiger partial charge on any atom is -0.493 e. The molecule has 6 heteroatoms. The summed E-state index contributed by atoms with van der Waals surface area (Å²) >= 11 is 0. The molecule has 136 valence electrons. The Morgan fingerprint density at radius 3 is 2.62 bits per heavy atom. The summed E-state index contributed by atoms with van der Waals surface area (Å²) < 4.78 is 16.6. The summed E-state index contributed by atoms with van der Waals surface area (Å²) in [7, 11) is 1.59. The number of fused-ring (bicyclic) bond motifs is 1. The number of carbonyl (C=O) groups is 1. The van der Waals surface area contributed by atoms with Gasteiger partial charge in [0, 0.05) is 5.39 Å². The Morgan fingerprint density at radius 1 is 1.12 bits per heavy atom. The topological polar surface area (TPSA) is 72.7 Å². The third kappa shape index (κ3) is 4.27. The van der Waals surface area contributed by atoms with Crippen LogP contribution in [-0.4, -0.2) is 26.3 Å². The molecule has 0 radical (unpaired) electrons. The van der Waals surface area contributed by atoms with Gasteiger partial charge in [-0.1, -0.05) is 30.3 Å². The van der Waals surface area contributed by atoms with Crippen LogP contribution >= 0.6 is 0 Å². The Morgan fingerprint density at radius 2 is 1.85 bits per heavy atom. The summed E-state index contributed by atoms with van der Waals surface area (Å²) in [4.78, 5) is 12.0. The van der Waals surface area contributed by atoms with Gasteiger partial charge in [-0.05, 0) is 31.2 Å². The molecule has 0 fully saturated rings. The average Bonchev–Trinajstić information content (AvgIpc) is 3.10. The van der Waals surface area contributed by atoms with Crippen molar-refractivity contribution in [1.29, 1.82) is 0 Å². The maximum absolute atomic E-state index is 12.0. The lowest BCUT2D eigenvalue weighted by Crippen LogP contribution is -2.38. The molecule has 1 atom stereocenters. The number of furan rings is 1. The lowest BCUT2D eigenvalue weighted by atomic mass is 10.2. The van der Waals surface area contributed by atoms with E-state index in [1.54, 1.807) is 7.11 Å². The van der Waals surface area contributed by atoms with Crippen LogP contribution in [0.5, 0.6) is 11.5 Å². The molecule has 0 saturated heterocycles. The molecule has 26 heavy (non-hydrogen) atoms. The van der Waals surface area contributed by atoms with Gasteiger partial charge in [0.1, 0.15) is 18.0 Å². The summed E-state index contributed by atoms with van der Waals surface area (Å²) in [5, 5.41) is 6.64. The highest BCUT2D eigenvalue weighted by atomic mass is 16.5. The molecule has 2 N–H and O–H groups in total. The van der Waals surface area contributed by atoms with Gasteiger partial charge in [-0.2, -0.15) is 0 Å². The molecular weight excluding hydrogens is 332 g/mol. The Kier molecular flexibility index (Phi) is 5.63. The van der Waals surface area contributed by atoms with Crippen molar-refractivity contribution in [3.05, 3.63) is 60.4 Å². The van der Waals surface area contributed by atoms with Gasteiger partial charge in [-0.3, -0.25) is 0 Å². The molecule has 0 spiro atoms. The Labute approximate surface area is 152 Å². The minimum absolute atomic E-state index is 0.238. The number of para-hydroxylation sites is 3. The van der Waals surface area contributed by atoms with E-state index in [0.717, 1.165) is 11.0 Å². The summed E-state index contributed by atoms with van der Waals surface area (Å²) in [5.41, 5.74) is 0.807. The molecule has 1 unspecified atom stereocenters. The first-order chi connectivity index (χ1) is 12.7. The lowest BCUT2D eigenvalue weighted by molar-refractivity contribution is 0.231. The Balaban J connectivity index is 1.45. The molecule has 6 nitrogen and oxygen atoms in total. The van der Waals surface area contributed by atoms with Crippen molar-refractivity contribution < 1.29 is 18.7 Å². The van der Waals surface area contributed by atoms with Crippen molar-refractivity contribution >= 4 is 17.0 Å². The molecule has 3 aromatic rings. The molecule has 0 aliphatic heterocycles. The molecule has 2 aromatic carbocycles. The van der Waals surface area contributed by atoms with Crippen LogP contribution in [0.25, 0.3) is 11.0 Å². The first-order valence-electron chi connectivity index (χ1n) is 8.46. The second kappa shape index (κ2) is 8.29. The number of methoxy groups -OCH3 is 1. The van der Waals surface area contributed by atoms with Crippen molar-refractivity contribution in [3.63, 3.8) is 0 Å². The highest BCUT2D eigenvalue weighted by Gasteiger charge is 2.13. The SMILES string of the molecule is COc1ccccc1OCCNC(=O)NC(C)c1cc2ccccc2o1. The van der Waals surface area contributed by atoms with Crippen LogP contribution in [0.2, 0.25) is 0 Å². The number of nitrogens with one attached hydrogen (secondary N) is 2. The van der Waals surface area contributed by atoms with Crippen molar-refractivity contribution in [1.82, 2.24) is 10.6 Å². The van der Waals surface area contributed by atoms with Crippen LogP contribution in [0.1, 0.15) is 18.7 Å². The van der Waals surface area contributed by atoms with Gasteiger partial charge < -0.3 is 24.5 Å². The molecule has 0 aliphatic carbocycles. The molecule has 3 rings (SSSR count). The van der Waals surface area contributed by atoms with Gasteiger partial charge in [0.2, 0.25) is 0 Å². The van der Waals surface area contributed by atoms with Crippen LogP contribution in [0.4, 0.5) is 4.79 Å². The minimum atomic E-state index is -0.276. The van der Waals surface area contributed by atoms with E-state index in [1.807, 2.05) is 61.5 Å².